The molecule has 0 spiro atoms. The molecule has 0 bridgehead atoms. The quantitative estimate of drug-likeness (QED) is 0.730. The Morgan fingerprint density at radius 3 is 2.87 bits per heavy atom. The van der Waals surface area contributed by atoms with Gasteiger partial charge in [0.1, 0.15) is 5.72 Å². The maximum absolute atomic E-state index is 12.1. The number of aliphatic hydroxyl groups is 1. The van der Waals surface area contributed by atoms with Crippen molar-refractivity contribution >= 4 is 5.91 Å². The molecule has 2 aliphatic rings. The largest absolute Gasteiger partial charge is 0.396 e. The van der Waals surface area contributed by atoms with Crippen LogP contribution < -0.4 is 0 Å². The summed E-state index contributed by atoms with van der Waals surface area (Å²) in [6.07, 6.45) is 0.823. The van der Waals surface area contributed by atoms with Crippen LogP contribution in [0.3, 0.4) is 0 Å². The lowest BCUT2D eigenvalue weighted by Gasteiger charge is -2.30. The molecule has 0 aromatic carbocycles. The number of amides is 1. The van der Waals surface area contributed by atoms with Crippen molar-refractivity contribution in [1.82, 2.24) is 4.90 Å². The molecule has 1 amide bonds. The Hall–Kier alpha value is -0.610. The fraction of sp³-hybridized carbons (Fsp3) is 0.909. The number of rotatable bonds is 2. The van der Waals surface area contributed by atoms with Gasteiger partial charge in [-0.05, 0) is 26.2 Å². The van der Waals surface area contributed by atoms with Crippen molar-refractivity contribution in [2.24, 2.45) is 11.8 Å². The Kier molecular flexibility index (Phi) is 2.51. The number of ether oxygens (including phenoxy) is 1. The van der Waals surface area contributed by atoms with Crippen LogP contribution in [0.5, 0.6) is 0 Å². The van der Waals surface area contributed by atoms with Crippen molar-refractivity contribution in [2.45, 2.75) is 39.0 Å². The van der Waals surface area contributed by atoms with Gasteiger partial charge in [-0.2, -0.15) is 0 Å². The molecule has 0 radical (unpaired) electrons. The van der Waals surface area contributed by atoms with Gasteiger partial charge in [0.25, 0.3) is 0 Å². The van der Waals surface area contributed by atoms with Gasteiger partial charge in [0.15, 0.2) is 0 Å². The smallest absolute Gasteiger partial charge is 0.228 e. The Labute approximate surface area is 90.2 Å². The van der Waals surface area contributed by atoms with Crippen LogP contribution in [0, 0.1) is 11.8 Å². The summed E-state index contributed by atoms with van der Waals surface area (Å²) in [6, 6.07) is 0.214. The molecule has 0 aromatic rings. The lowest BCUT2D eigenvalue weighted by molar-refractivity contribution is -0.146. The first-order valence-corrected chi connectivity index (χ1v) is 5.55. The van der Waals surface area contributed by atoms with Crippen LogP contribution in [0.2, 0.25) is 0 Å². The van der Waals surface area contributed by atoms with Gasteiger partial charge in [-0.1, -0.05) is 6.92 Å². The van der Waals surface area contributed by atoms with Gasteiger partial charge in [0.2, 0.25) is 5.91 Å². The number of nitrogens with zero attached hydrogens (tertiary/aromatic N) is 1. The van der Waals surface area contributed by atoms with E-state index in [1.165, 1.54) is 0 Å². The fourth-order valence-electron chi connectivity index (χ4n) is 2.68. The standard InChI is InChI=1S/C11H19NO3/c1-7(5-13)9-4-8-6-15-11(2,3)12(8)10(9)14/h7-9,13H,4-6H2,1-3H3/t7?,8-,9?/m1/s1. The number of carbonyl (C=O) groups is 1. The maximum Gasteiger partial charge on any atom is 0.228 e. The van der Waals surface area contributed by atoms with E-state index in [9.17, 15) is 4.79 Å². The third kappa shape index (κ3) is 1.56. The molecule has 0 saturated carbocycles. The number of aliphatic hydroxyl groups excluding tert-OH is 1. The van der Waals surface area contributed by atoms with Gasteiger partial charge >= 0.3 is 0 Å². The number of carbonyl (C=O) groups excluding carboxylic acids is 1. The van der Waals surface area contributed by atoms with E-state index in [4.69, 9.17) is 9.84 Å². The molecule has 4 nitrogen and oxygen atoms in total. The molecule has 2 unspecified atom stereocenters. The monoisotopic (exact) mass is 213 g/mol. The lowest BCUT2D eigenvalue weighted by Crippen LogP contribution is -2.44. The minimum absolute atomic E-state index is 0.0248. The second kappa shape index (κ2) is 3.46. The van der Waals surface area contributed by atoms with Crippen LogP contribution in [-0.2, 0) is 9.53 Å². The highest BCUT2D eigenvalue weighted by molar-refractivity contribution is 5.82. The third-order valence-electron chi connectivity index (χ3n) is 3.63. The van der Waals surface area contributed by atoms with Crippen molar-refractivity contribution in [2.75, 3.05) is 13.2 Å². The van der Waals surface area contributed by atoms with E-state index >= 15 is 0 Å². The summed E-state index contributed by atoms with van der Waals surface area (Å²) in [5.41, 5.74) is -0.467. The van der Waals surface area contributed by atoms with E-state index in [1.54, 1.807) is 0 Å². The first-order valence-electron chi connectivity index (χ1n) is 5.55. The van der Waals surface area contributed by atoms with E-state index in [2.05, 4.69) is 0 Å². The molecule has 2 fully saturated rings. The minimum atomic E-state index is -0.467. The maximum atomic E-state index is 12.1. The van der Waals surface area contributed by atoms with Crippen LogP contribution in [0.4, 0.5) is 0 Å². The molecule has 0 aromatic heterocycles. The Balaban J connectivity index is 2.17. The van der Waals surface area contributed by atoms with Crippen LogP contribution in [0.1, 0.15) is 27.2 Å². The predicted molar refractivity (Wildman–Crippen MR) is 55.0 cm³/mol. The molecule has 0 aliphatic carbocycles. The Morgan fingerprint density at radius 1 is 1.67 bits per heavy atom. The zero-order valence-electron chi connectivity index (χ0n) is 9.56. The second-order valence-electron chi connectivity index (χ2n) is 5.12. The highest BCUT2D eigenvalue weighted by atomic mass is 16.5. The highest BCUT2D eigenvalue weighted by Gasteiger charge is 2.52. The zero-order valence-corrected chi connectivity index (χ0v) is 9.56. The van der Waals surface area contributed by atoms with Gasteiger partial charge in [-0.15, -0.1) is 0 Å². The van der Waals surface area contributed by atoms with Crippen LogP contribution in [0.25, 0.3) is 0 Å². The number of hydrogen-bond donors (Lipinski definition) is 1. The lowest BCUT2D eigenvalue weighted by atomic mass is 9.92. The molecular weight excluding hydrogens is 194 g/mol. The van der Waals surface area contributed by atoms with Crippen molar-refractivity contribution in [3.05, 3.63) is 0 Å². The van der Waals surface area contributed by atoms with Crippen LogP contribution in [0.15, 0.2) is 0 Å². The molecule has 2 rings (SSSR count). The summed E-state index contributed by atoms with van der Waals surface area (Å²) in [4.78, 5) is 14.0. The summed E-state index contributed by atoms with van der Waals surface area (Å²) < 4.78 is 5.58. The fourth-order valence-corrected chi connectivity index (χ4v) is 2.68. The van der Waals surface area contributed by atoms with E-state index < -0.39 is 5.72 Å². The Morgan fingerprint density at radius 2 is 2.33 bits per heavy atom. The molecule has 3 atom stereocenters. The first-order chi connectivity index (χ1) is 6.97. The van der Waals surface area contributed by atoms with Gasteiger partial charge in [-0.25, -0.2) is 0 Å². The normalized spacial score (nSPS) is 35.7. The predicted octanol–water partition coefficient (Wildman–Crippen LogP) is 0.598. The SMILES string of the molecule is CC(CO)C1C[C@@H]2COC(C)(C)N2C1=O. The van der Waals surface area contributed by atoms with Gasteiger partial charge in [0.05, 0.1) is 12.6 Å². The average molecular weight is 213 g/mol. The van der Waals surface area contributed by atoms with E-state index in [-0.39, 0.29) is 30.4 Å². The third-order valence-corrected chi connectivity index (χ3v) is 3.63. The summed E-state index contributed by atoms with van der Waals surface area (Å²) in [6.45, 7) is 6.50. The van der Waals surface area contributed by atoms with Crippen molar-refractivity contribution in [1.29, 1.82) is 0 Å². The topological polar surface area (TPSA) is 49.8 Å². The minimum Gasteiger partial charge on any atom is -0.396 e. The second-order valence-corrected chi connectivity index (χ2v) is 5.12. The van der Waals surface area contributed by atoms with Crippen LogP contribution in [-0.4, -0.2) is 40.9 Å². The number of fused-ring (bicyclic) bond motifs is 1. The first kappa shape index (κ1) is 10.9. The number of hydrogen-bond acceptors (Lipinski definition) is 3. The molecular formula is C11H19NO3. The summed E-state index contributed by atoms with van der Waals surface area (Å²) in [5.74, 6) is 0.172. The van der Waals surface area contributed by atoms with E-state index in [0.29, 0.717) is 6.61 Å². The molecule has 4 heteroatoms. The van der Waals surface area contributed by atoms with Gasteiger partial charge < -0.3 is 14.7 Å². The average Bonchev–Trinajstić information content (AvgIpc) is 2.66. The van der Waals surface area contributed by atoms with Crippen molar-refractivity contribution in [3.8, 4) is 0 Å². The van der Waals surface area contributed by atoms with E-state index in [1.807, 2.05) is 25.7 Å². The Bertz CT molecular complexity index is 277. The highest BCUT2D eigenvalue weighted by Crippen LogP contribution is 2.40. The summed E-state index contributed by atoms with van der Waals surface area (Å²) >= 11 is 0. The van der Waals surface area contributed by atoms with Crippen molar-refractivity contribution in [3.63, 3.8) is 0 Å². The summed E-state index contributed by atoms with van der Waals surface area (Å²) in [5, 5.41) is 9.10. The molecule has 15 heavy (non-hydrogen) atoms. The van der Waals surface area contributed by atoms with Gasteiger partial charge in [-0.3, -0.25) is 4.79 Å². The van der Waals surface area contributed by atoms with Gasteiger partial charge in [0, 0.05) is 12.5 Å². The van der Waals surface area contributed by atoms with Crippen LogP contribution >= 0.6 is 0 Å². The van der Waals surface area contributed by atoms with Crippen molar-refractivity contribution < 1.29 is 14.6 Å². The molecule has 2 saturated heterocycles. The molecule has 2 heterocycles. The molecule has 86 valence electrons. The summed E-state index contributed by atoms with van der Waals surface area (Å²) in [7, 11) is 0. The van der Waals surface area contributed by atoms with E-state index in [0.717, 1.165) is 6.42 Å². The molecule has 2 aliphatic heterocycles. The molecule has 1 N–H and O–H groups in total. The zero-order chi connectivity index (χ0) is 11.2.